The zero-order valence-electron chi connectivity index (χ0n) is 15.3. The average molecular weight is 403 g/mol. The van der Waals surface area contributed by atoms with Crippen molar-refractivity contribution in [1.82, 2.24) is 4.98 Å². The summed E-state index contributed by atoms with van der Waals surface area (Å²) in [5.74, 6) is -3.95. The van der Waals surface area contributed by atoms with E-state index in [1.807, 2.05) is 0 Å². The number of rotatable bonds is 3. The SMILES string of the molecule is COc1c([C@H]2C[C@@H](C(F)(F)F)O[C@@H]2c2[nH]c(C)cc(=O)c2C)ccc(F)c1F. The van der Waals surface area contributed by atoms with Crippen LogP contribution in [0.1, 0.15) is 41.0 Å². The lowest BCUT2D eigenvalue weighted by molar-refractivity contribution is -0.215. The number of pyridine rings is 1. The molecular weight excluding hydrogens is 385 g/mol. The third-order valence-electron chi connectivity index (χ3n) is 4.93. The predicted molar refractivity (Wildman–Crippen MR) is 90.5 cm³/mol. The van der Waals surface area contributed by atoms with E-state index in [1.165, 1.54) is 19.1 Å². The maximum atomic E-state index is 14.2. The second-order valence-electron chi connectivity index (χ2n) is 6.77. The lowest BCUT2D eigenvalue weighted by Gasteiger charge is -2.23. The van der Waals surface area contributed by atoms with Gasteiger partial charge in [0.2, 0.25) is 5.82 Å². The van der Waals surface area contributed by atoms with Crippen LogP contribution >= 0.6 is 0 Å². The minimum absolute atomic E-state index is 0.0416. The summed E-state index contributed by atoms with van der Waals surface area (Å²) < 4.78 is 78.0. The highest BCUT2D eigenvalue weighted by atomic mass is 19.4. The van der Waals surface area contributed by atoms with Gasteiger partial charge in [-0.05, 0) is 26.3 Å². The number of nitrogens with one attached hydrogen (secondary N) is 1. The van der Waals surface area contributed by atoms with Crippen molar-refractivity contribution < 1.29 is 31.4 Å². The zero-order chi connectivity index (χ0) is 20.8. The summed E-state index contributed by atoms with van der Waals surface area (Å²) in [5.41, 5.74) is 0.500. The summed E-state index contributed by atoms with van der Waals surface area (Å²) in [7, 11) is 1.10. The van der Waals surface area contributed by atoms with E-state index in [9.17, 15) is 26.7 Å². The first-order valence-corrected chi connectivity index (χ1v) is 8.49. The van der Waals surface area contributed by atoms with Gasteiger partial charge in [-0.3, -0.25) is 4.79 Å². The summed E-state index contributed by atoms with van der Waals surface area (Å²) in [6, 6.07) is 3.33. The molecule has 1 aliphatic rings. The number of ether oxygens (including phenoxy) is 2. The number of hydrogen-bond donors (Lipinski definition) is 1. The maximum Gasteiger partial charge on any atom is 0.414 e. The smallest absolute Gasteiger partial charge is 0.414 e. The second kappa shape index (κ2) is 7.20. The average Bonchev–Trinajstić information content (AvgIpc) is 3.05. The zero-order valence-corrected chi connectivity index (χ0v) is 15.3. The second-order valence-corrected chi connectivity index (χ2v) is 6.77. The van der Waals surface area contributed by atoms with E-state index in [2.05, 4.69) is 4.98 Å². The Morgan fingerprint density at radius 1 is 1.21 bits per heavy atom. The fraction of sp³-hybridized carbons (Fsp3) is 0.421. The van der Waals surface area contributed by atoms with Crippen molar-refractivity contribution in [1.29, 1.82) is 0 Å². The first-order chi connectivity index (χ1) is 13.0. The number of H-pyrrole nitrogens is 1. The summed E-state index contributed by atoms with van der Waals surface area (Å²) in [6.07, 6.45) is -8.51. The van der Waals surface area contributed by atoms with E-state index in [1.54, 1.807) is 6.92 Å². The molecule has 0 radical (unpaired) electrons. The largest absolute Gasteiger partial charge is 0.493 e. The molecule has 0 spiro atoms. The van der Waals surface area contributed by atoms with Crippen molar-refractivity contribution in [3.63, 3.8) is 0 Å². The summed E-state index contributed by atoms with van der Waals surface area (Å²) in [4.78, 5) is 15.0. The number of aromatic amines is 1. The van der Waals surface area contributed by atoms with Crippen LogP contribution in [0.4, 0.5) is 22.0 Å². The highest BCUT2D eigenvalue weighted by molar-refractivity contribution is 5.41. The van der Waals surface area contributed by atoms with Crippen molar-refractivity contribution in [2.75, 3.05) is 7.11 Å². The Labute approximate surface area is 157 Å². The molecule has 1 fully saturated rings. The highest BCUT2D eigenvalue weighted by Crippen LogP contribution is 2.51. The van der Waals surface area contributed by atoms with Gasteiger partial charge in [0, 0.05) is 28.8 Å². The van der Waals surface area contributed by atoms with Gasteiger partial charge in [0.15, 0.2) is 23.1 Å². The Balaban J connectivity index is 2.18. The number of aromatic nitrogens is 1. The molecule has 0 bridgehead atoms. The van der Waals surface area contributed by atoms with Crippen molar-refractivity contribution in [2.45, 2.75) is 44.6 Å². The van der Waals surface area contributed by atoms with Gasteiger partial charge in [-0.25, -0.2) is 4.39 Å². The molecular formula is C19H18F5NO3. The standard InChI is InChI=1S/C19H18F5NO3/c1-8-6-13(26)9(2)16(25-8)18-11(7-14(28-18)19(22,23)24)10-4-5-12(20)15(21)17(10)27-3/h4-6,11,14,18H,7H2,1-3H3,(H,25,26)/t11-,14+,18+/m1/s1. The third kappa shape index (κ3) is 3.50. The molecule has 1 saturated heterocycles. The van der Waals surface area contributed by atoms with Crippen LogP contribution in [0.25, 0.3) is 0 Å². The van der Waals surface area contributed by atoms with Crippen molar-refractivity contribution in [3.05, 3.63) is 62.6 Å². The molecule has 9 heteroatoms. The molecule has 4 nitrogen and oxygen atoms in total. The maximum absolute atomic E-state index is 14.2. The number of benzene rings is 1. The first-order valence-electron chi connectivity index (χ1n) is 8.49. The molecule has 1 aromatic carbocycles. The molecule has 1 aromatic heterocycles. The van der Waals surface area contributed by atoms with Gasteiger partial charge in [0.05, 0.1) is 12.8 Å². The van der Waals surface area contributed by atoms with Gasteiger partial charge in [0.1, 0.15) is 6.10 Å². The van der Waals surface area contributed by atoms with Crippen LogP contribution in [0.2, 0.25) is 0 Å². The Hall–Kier alpha value is -2.42. The lowest BCUT2D eigenvalue weighted by atomic mass is 9.87. The molecule has 3 rings (SSSR count). The monoisotopic (exact) mass is 403 g/mol. The van der Waals surface area contributed by atoms with Gasteiger partial charge < -0.3 is 14.5 Å². The van der Waals surface area contributed by atoms with Crippen LogP contribution in [0.15, 0.2) is 23.0 Å². The summed E-state index contributed by atoms with van der Waals surface area (Å²) in [6.45, 7) is 3.06. The summed E-state index contributed by atoms with van der Waals surface area (Å²) in [5, 5.41) is 0. The van der Waals surface area contributed by atoms with Gasteiger partial charge in [0.25, 0.3) is 0 Å². The van der Waals surface area contributed by atoms with Crippen LogP contribution in [-0.4, -0.2) is 24.4 Å². The van der Waals surface area contributed by atoms with Crippen LogP contribution < -0.4 is 10.2 Å². The predicted octanol–water partition coefficient (Wildman–Crippen LogP) is 4.45. The molecule has 1 aliphatic heterocycles. The molecule has 3 atom stereocenters. The van der Waals surface area contributed by atoms with Crippen molar-refractivity contribution >= 4 is 0 Å². The molecule has 0 saturated carbocycles. The Morgan fingerprint density at radius 3 is 2.50 bits per heavy atom. The van der Waals surface area contributed by atoms with Crippen LogP contribution in [0.5, 0.6) is 5.75 Å². The van der Waals surface area contributed by atoms with Crippen LogP contribution in [0, 0.1) is 25.5 Å². The fourth-order valence-corrected chi connectivity index (χ4v) is 3.56. The molecule has 152 valence electrons. The molecule has 0 unspecified atom stereocenters. The minimum atomic E-state index is -4.66. The quantitative estimate of drug-likeness (QED) is 0.771. The van der Waals surface area contributed by atoms with Crippen LogP contribution in [0.3, 0.4) is 0 Å². The number of hydrogen-bond acceptors (Lipinski definition) is 3. The van der Waals surface area contributed by atoms with E-state index in [0.29, 0.717) is 5.69 Å². The van der Waals surface area contributed by atoms with Gasteiger partial charge in [-0.15, -0.1) is 0 Å². The Morgan fingerprint density at radius 2 is 1.89 bits per heavy atom. The van der Waals surface area contributed by atoms with E-state index >= 15 is 0 Å². The van der Waals surface area contributed by atoms with Crippen molar-refractivity contribution in [2.24, 2.45) is 0 Å². The van der Waals surface area contributed by atoms with E-state index < -0.39 is 48.1 Å². The molecule has 2 aromatic rings. The number of methoxy groups -OCH3 is 1. The molecule has 0 amide bonds. The molecule has 0 aliphatic carbocycles. The topological polar surface area (TPSA) is 51.3 Å². The fourth-order valence-electron chi connectivity index (χ4n) is 3.56. The molecule has 1 N–H and O–H groups in total. The van der Waals surface area contributed by atoms with E-state index in [-0.39, 0.29) is 22.2 Å². The number of halogens is 5. The minimum Gasteiger partial charge on any atom is -0.493 e. The van der Waals surface area contributed by atoms with E-state index in [0.717, 1.165) is 13.2 Å². The van der Waals surface area contributed by atoms with Gasteiger partial charge in [-0.1, -0.05) is 6.07 Å². The number of alkyl halides is 3. The van der Waals surface area contributed by atoms with Gasteiger partial charge in [-0.2, -0.15) is 17.6 Å². The lowest BCUT2D eigenvalue weighted by Crippen LogP contribution is -2.28. The Bertz CT molecular complexity index is 954. The van der Waals surface area contributed by atoms with Crippen molar-refractivity contribution in [3.8, 4) is 5.75 Å². The van der Waals surface area contributed by atoms with Gasteiger partial charge >= 0.3 is 6.18 Å². The van der Waals surface area contributed by atoms with Crippen LogP contribution in [-0.2, 0) is 4.74 Å². The highest BCUT2D eigenvalue weighted by Gasteiger charge is 2.51. The molecule has 28 heavy (non-hydrogen) atoms. The van der Waals surface area contributed by atoms with E-state index in [4.69, 9.17) is 9.47 Å². The normalized spacial score (nSPS) is 22.5. The third-order valence-corrected chi connectivity index (χ3v) is 4.93. The first kappa shape index (κ1) is 20.3. The summed E-state index contributed by atoms with van der Waals surface area (Å²) >= 11 is 0. The number of aryl methyl sites for hydroxylation is 1. The molecule has 2 heterocycles. The Kier molecular flexibility index (Phi) is 5.22.